The van der Waals surface area contributed by atoms with E-state index >= 15 is 0 Å². The summed E-state index contributed by atoms with van der Waals surface area (Å²) in [4.78, 5) is 4.32. The first-order valence-electron chi connectivity index (χ1n) is 6.10. The Labute approximate surface area is 110 Å². The Morgan fingerprint density at radius 2 is 1.74 bits per heavy atom. The van der Waals surface area contributed by atoms with Gasteiger partial charge in [-0.05, 0) is 35.4 Å². The maximum absolute atomic E-state index is 13.0. The predicted molar refractivity (Wildman–Crippen MR) is 74.2 cm³/mol. The Morgan fingerprint density at radius 1 is 0.947 bits per heavy atom. The van der Waals surface area contributed by atoms with Gasteiger partial charge in [-0.2, -0.15) is 0 Å². The first-order chi connectivity index (χ1) is 9.25. The third kappa shape index (κ3) is 2.20. The molecular formula is C16H13FN2. The third-order valence-electron chi connectivity index (χ3n) is 3.24. The summed E-state index contributed by atoms with van der Waals surface area (Å²) < 4.78 is 13.0. The van der Waals surface area contributed by atoms with E-state index in [0.29, 0.717) is 0 Å². The van der Waals surface area contributed by atoms with Crippen molar-refractivity contribution in [2.75, 3.05) is 0 Å². The van der Waals surface area contributed by atoms with Gasteiger partial charge in [0.05, 0.1) is 11.6 Å². The lowest BCUT2D eigenvalue weighted by Gasteiger charge is -2.14. The molecule has 0 bridgehead atoms. The molecule has 1 aromatic heterocycles. The highest BCUT2D eigenvalue weighted by atomic mass is 19.1. The molecule has 94 valence electrons. The van der Waals surface area contributed by atoms with Gasteiger partial charge in [0, 0.05) is 11.6 Å². The smallest absolute Gasteiger partial charge is 0.123 e. The number of hydrogen-bond donors (Lipinski definition) is 1. The topological polar surface area (TPSA) is 38.9 Å². The molecule has 0 aliphatic carbocycles. The first kappa shape index (κ1) is 11.8. The maximum Gasteiger partial charge on any atom is 0.123 e. The number of fused-ring (bicyclic) bond motifs is 1. The molecule has 0 aliphatic heterocycles. The van der Waals surface area contributed by atoms with Crippen molar-refractivity contribution >= 4 is 10.9 Å². The summed E-state index contributed by atoms with van der Waals surface area (Å²) in [6.07, 6.45) is 1.76. The molecule has 0 spiro atoms. The Bertz CT molecular complexity index is 702. The first-order valence-corrected chi connectivity index (χ1v) is 6.10. The molecule has 3 aromatic rings. The average molecular weight is 252 g/mol. The van der Waals surface area contributed by atoms with Crippen molar-refractivity contribution in [3.63, 3.8) is 0 Å². The third-order valence-corrected chi connectivity index (χ3v) is 3.24. The average Bonchev–Trinajstić information content (AvgIpc) is 2.47. The molecular weight excluding hydrogens is 239 g/mol. The van der Waals surface area contributed by atoms with Crippen molar-refractivity contribution in [1.29, 1.82) is 0 Å². The molecule has 1 atom stereocenters. The van der Waals surface area contributed by atoms with E-state index in [1.807, 2.05) is 30.3 Å². The number of benzene rings is 2. The zero-order valence-corrected chi connectivity index (χ0v) is 10.3. The lowest BCUT2D eigenvalue weighted by molar-refractivity contribution is 0.626. The Hall–Kier alpha value is -2.26. The summed E-state index contributed by atoms with van der Waals surface area (Å²) in [6.45, 7) is 0. The molecule has 2 aromatic carbocycles. The summed E-state index contributed by atoms with van der Waals surface area (Å²) in [5.41, 5.74) is 9.08. The summed E-state index contributed by atoms with van der Waals surface area (Å²) in [5, 5.41) is 1.03. The van der Waals surface area contributed by atoms with Crippen LogP contribution in [0.15, 0.2) is 60.8 Å². The molecule has 3 rings (SSSR count). The van der Waals surface area contributed by atoms with E-state index in [4.69, 9.17) is 5.73 Å². The number of aromatic nitrogens is 1. The van der Waals surface area contributed by atoms with Gasteiger partial charge in [-0.3, -0.25) is 4.98 Å². The largest absolute Gasteiger partial charge is 0.320 e. The van der Waals surface area contributed by atoms with Crippen LogP contribution >= 0.6 is 0 Å². The fourth-order valence-corrected chi connectivity index (χ4v) is 2.25. The number of nitrogens with zero attached hydrogens (tertiary/aromatic N) is 1. The highest BCUT2D eigenvalue weighted by Gasteiger charge is 2.12. The van der Waals surface area contributed by atoms with Crippen LogP contribution in [0.3, 0.4) is 0 Å². The summed E-state index contributed by atoms with van der Waals surface area (Å²) in [6, 6.07) is 15.8. The van der Waals surface area contributed by atoms with Crippen LogP contribution < -0.4 is 5.73 Å². The zero-order chi connectivity index (χ0) is 13.2. The van der Waals surface area contributed by atoms with Crippen LogP contribution in [0.2, 0.25) is 0 Å². The SMILES string of the molecule is NC(c1ccc(F)cc1)c1cccc2ncccc12. The lowest BCUT2D eigenvalue weighted by atomic mass is 9.96. The van der Waals surface area contributed by atoms with Gasteiger partial charge in [0.25, 0.3) is 0 Å². The van der Waals surface area contributed by atoms with Gasteiger partial charge in [0.15, 0.2) is 0 Å². The molecule has 0 amide bonds. The van der Waals surface area contributed by atoms with Gasteiger partial charge in [-0.1, -0.05) is 30.3 Å². The van der Waals surface area contributed by atoms with Gasteiger partial charge in [0.2, 0.25) is 0 Å². The molecule has 3 heteroatoms. The lowest BCUT2D eigenvalue weighted by Crippen LogP contribution is -2.12. The van der Waals surface area contributed by atoms with E-state index in [2.05, 4.69) is 4.98 Å². The highest BCUT2D eigenvalue weighted by Crippen LogP contribution is 2.26. The van der Waals surface area contributed by atoms with E-state index in [0.717, 1.165) is 22.0 Å². The van der Waals surface area contributed by atoms with Crippen molar-refractivity contribution in [2.24, 2.45) is 5.73 Å². The highest BCUT2D eigenvalue weighted by molar-refractivity contribution is 5.82. The van der Waals surface area contributed by atoms with Crippen molar-refractivity contribution in [3.8, 4) is 0 Å². The van der Waals surface area contributed by atoms with Crippen molar-refractivity contribution in [1.82, 2.24) is 4.98 Å². The van der Waals surface area contributed by atoms with Crippen LogP contribution in [0.1, 0.15) is 17.2 Å². The molecule has 2 nitrogen and oxygen atoms in total. The minimum atomic E-state index is -0.284. The van der Waals surface area contributed by atoms with E-state index in [9.17, 15) is 4.39 Å². The number of pyridine rings is 1. The number of hydrogen-bond acceptors (Lipinski definition) is 2. The normalized spacial score (nSPS) is 12.5. The molecule has 0 saturated heterocycles. The van der Waals surface area contributed by atoms with Crippen LogP contribution in [0, 0.1) is 5.82 Å². The molecule has 0 saturated carbocycles. The minimum Gasteiger partial charge on any atom is -0.320 e. The fourth-order valence-electron chi connectivity index (χ4n) is 2.25. The molecule has 1 heterocycles. The molecule has 0 aliphatic rings. The van der Waals surface area contributed by atoms with Gasteiger partial charge in [-0.25, -0.2) is 4.39 Å². The number of rotatable bonds is 2. The second-order valence-corrected chi connectivity index (χ2v) is 4.45. The minimum absolute atomic E-state index is 0.254. The second-order valence-electron chi connectivity index (χ2n) is 4.45. The maximum atomic E-state index is 13.0. The van der Waals surface area contributed by atoms with Crippen molar-refractivity contribution < 1.29 is 4.39 Å². The van der Waals surface area contributed by atoms with Crippen LogP contribution in [0.25, 0.3) is 10.9 Å². The molecule has 1 unspecified atom stereocenters. The second kappa shape index (κ2) is 4.78. The number of nitrogens with two attached hydrogens (primary N) is 1. The Balaban J connectivity index is 2.11. The van der Waals surface area contributed by atoms with Crippen LogP contribution in [0.5, 0.6) is 0 Å². The quantitative estimate of drug-likeness (QED) is 0.759. The fraction of sp³-hybridized carbons (Fsp3) is 0.0625. The molecule has 19 heavy (non-hydrogen) atoms. The standard InChI is InChI=1S/C16H13FN2/c17-12-8-6-11(7-9-12)16(18)14-3-1-5-15-13(14)4-2-10-19-15/h1-10,16H,18H2. The van der Waals surface area contributed by atoms with E-state index < -0.39 is 0 Å². The molecule has 2 N–H and O–H groups in total. The molecule has 0 radical (unpaired) electrons. The van der Waals surface area contributed by atoms with Gasteiger partial charge < -0.3 is 5.73 Å². The van der Waals surface area contributed by atoms with E-state index in [1.165, 1.54) is 12.1 Å². The Kier molecular flexibility index (Phi) is 2.97. The van der Waals surface area contributed by atoms with Crippen molar-refractivity contribution in [3.05, 3.63) is 77.7 Å². The Morgan fingerprint density at radius 3 is 2.53 bits per heavy atom. The predicted octanol–water partition coefficient (Wildman–Crippen LogP) is 3.42. The van der Waals surface area contributed by atoms with Gasteiger partial charge in [0.1, 0.15) is 5.82 Å². The van der Waals surface area contributed by atoms with Crippen molar-refractivity contribution in [2.45, 2.75) is 6.04 Å². The van der Waals surface area contributed by atoms with Crippen LogP contribution in [-0.2, 0) is 0 Å². The summed E-state index contributed by atoms with van der Waals surface area (Å²) in [7, 11) is 0. The van der Waals surface area contributed by atoms with Gasteiger partial charge in [-0.15, -0.1) is 0 Å². The van der Waals surface area contributed by atoms with Crippen LogP contribution in [-0.4, -0.2) is 4.98 Å². The molecule has 0 fully saturated rings. The summed E-state index contributed by atoms with van der Waals surface area (Å²) >= 11 is 0. The summed E-state index contributed by atoms with van der Waals surface area (Å²) in [5.74, 6) is -0.254. The van der Waals surface area contributed by atoms with E-state index in [-0.39, 0.29) is 11.9 Å². The van der Waals surface area contributed by atoms with E-state index in [1.54, 1.807) is 18.3 Å². The van der Waals surface area contributed by atoms with Gasteiger partial charge >= 0.3 is 0 Å². The van der Waals surface area contributed by atoms with Crippen LogP contribution in [0.4, 0.5) is 4.39 Å². The monoisotopic (exact) mass is 252 g/mol. The number of halogens is 1. The zero-order valence-electron chi connectivity index (χ0n) is 10.3.